The van der Waals surface area contributed by atoms with E-state index in [1.807, 2.05) is 0 Å². The summed E-state index contributed by atoms with van der Waals surface area (Å²) in [5.41, 5.74) is 6.06. The lowest BCUT2D eigenvalue weighted by molar-refractivity contribution is -0.141. The van der Waals surface area contributed by atoms with Crippen LogP contribution in [-0.4, -0.2) is 17.6 Å². The lowest BCUT2D eigenvalue weighted by atomic mass is 10.00. The van der Waals surface area contributed by atoms with Crippen molar-refractivity contribution in [2.24, 2.45) is 11.7 Å². The maximum atomic E-state index is 10.8. The molecular weight excluding hydrogens is 237 g/mol. The van der Waals surface area contributed by atoms with Crippen molar-refractivity contribution in [1.29, 1.82) is 0 Å². The second-order valence-corrected chi connectivity index (χ2v) is 3.97. The molecule has 0 heterocycles. The lowest BCUT2D eigenvalue weighted by Crippen LogP contribution is -2.25. The van der Waals surface area contributed by atoms with Crippen molar-refractivity contribution in [3.05, 3.63) is 33.8 Å². The highest BCUT2D eigenvalue weighted by Gasteiger charge is 2.17. The Labute approximate surface area is 97.8 Å². The smallest absolute Gasteiger partial charge is 0.308 e. The first kappa shape index (κ1) is 12.3. The summed E-state index contributed by atoms with van der Waals surface area (Å²) in [6.07, 6.45) is 0.297. The number of carboxylic acids is 1. The highest BCUT2D eigenvalue weighted by molar-refractivity contribution is 6.42. The average molecular weight is 248 g/mol. The molecule has 1 atom stereocenters. The largest absolute Gasteiger partial charge is 0.481 e. The van der Waals surface area contributed by atoms with Gasteiger partial charge in [0, 0.05) is 6.54 Å². The van der Waals surface area contributed by atoms with Crippen LogP contribution in [0, 0.1) is 5.92 Å². The number of halogens is 2. The van der Waals surface area contributed by atoms with Gasteiger partial charge >= 0.3 is 5.97 Å². The van der Waals surface area contributed by atoms with E-state index >= 15 is 0 Å². The summed E-state index contributed by atoms with van der Waals surface area (Å²) >= 11 is 11.7. The van der Waals surface area contributed by atoms with Crippen LogP contribution in [0.5, 0.6) is 0 Å². The standard InChI is InChI=1S/C10H11Cl2NO2/c11-8-3-1-2-6(9(8)12)4-7(5-13)10(14)15/h1-3,7H,4-5,13H2,(H,14,15)/t7-/m1/s1. The highest BCUT2D eigenvalue weighted by Crippen LogP contribution is 2.27. The predicted octanol–water partition coefficient (Wildman–Crippen LogP) is 2.20. The van der Waals surface area contributed by atoms with Gasteiger partial charge in [0.1, 0.15) is 0 Å². The molecule has 5 heteroatoms. The Bertz CT molecular complexity index is 368. The zero-order valence-electron chi connectivity index (χ0n) is 7.91. The van der Waals surface area contributed by atoms with Crippen LogP contribution in [0.4, 0.5) is 0 Å². The van der Waals surface area contributed by atoms with E-state index in [0.717, 1.165) is 0 Å². The fraction of sp³-hybridized carbons (Fsp3) is 0.300. The third-order valence-electron chi connectivity index (χ3n) is 2.13. The topological polar surface area (TPSA) is 63.3 Å². The molecule has 82 valence electrons. The van der Waals surface area contributed by atoms with Crippen LogP contribution in [0.3, 0.4) is 0 Å². The van der Waals surface area contributed by atoms with Crippen LogP contribution < -0.4 is 5.73 Å². The van der Waals surface area contributed by atoms with Crippen molar-refractivity contribution >= 4 is 29.2 Å². The van der Waals surface area contributed by atoms with Crippen molar-refractivity contribution in [2.75, 3.05) is 6.54 Å². The Morgan fingerprint density at radius 3 is 2.67 bits per heavy atom. The maximum absolute atomic E-state index is 10.8. The van der Waals surface area contributed by atoms with Gasteiger partial charge in [0.05, 0.1) is 16.0 Å². The summed E-state index contributed by atoms with van der Waals surface area (Å²) in [4.78, 5) is 10.8. The summed E-state index contributed by atoms with van der Waals surface area (Å²) in [6, 6.07) is 5.14. The number of benzene rings is 1. The molecule has 0 bridgehead atoms. The van der Waals surface area contributed by atoms with Crippen molar-refractivity contribution in [3.63, 3.8) is 0 Å². The molecule has 0 spiro atoms. The summed E-state index contributed by atoms with van der Waals surface area (Å²) in [6.45, 7) is 0.0815. The number of rotatable bonds is 4. The van der Waals surface area contributed by atoms with Gasteiger partial charge in [0.2, 0.25) is 0 Å². The van der Waals surface area contributed by atoms with Crippen molar-refractivity contribution in [1.82, 2.24) is 0 Å². The minimum absolute atomic E-state index is 0.0815. The Morgan fingerprint density at radius 1 is 1.47 bits per heavy atom. The number of carboxylic acid groups (broad SMARTS) is 1. The number of aliphatic carboxylic acids is 1. The molecule has 0 radical (unpaired) electrons. The van der Waals surface area contributed by atoms with Gasteiger partial charge in [-0.05, 0) is 18.1 Å². The first-order valence-corrected chi connectivity index (χ1v) is 5.17. The van der Waals surface area contributed by atoms with E-state index in [-0.39, 0.29) is 6.54 Å². The first-order chi connectivity index (χ1) is 7.06. The quantitative estimate of drug-likeness (QED) is 0.858. The minimum atomic E-state index is -0.923. The average Bonchev–Trinajstić information content (AvgIpc) is 2.19. The van der Waals surface area contributed by atoms with Crippen LogP contribution in [0.25, 0.3) is 0 Å². The summed E-state index contributed by atoms with van der Waals surface area (Å²) in [7, 11) is 0. The Hall–Kier alpha value is -0.770. The molecule has 0 fully saturated rings. The van der Waals surface area contributed by atoms with E-state index in [9.17, 15) is 4.79 Å². The number of hydrogen-bond acceptors (Lipinski definition) is 2. The van der Waals surface area contributed by atoms with Crippen LogP contribution in [0.2, 0.25) is 10.0 Å². The zero-order valence-corrected chi connectivity index (χ0v) is 9.42. The van der Waals surface area contributed by atoms with Crippen LogP contribution in [0.1, 0.15) is 5.56 Å². The molecule has 3 nitrogen and oxygen atoms in total. The van der Waals surface area contributed by atoms with Crippen molar-refractivity contribution in [3.8, 4) is 0 Å². The second-order valence-electron chi connectivity index (χ2n) is 3.19. The van der Waals surface area contributed by atoms with Gasteiger partial charge < -0.3 is 10.8 Å². The molecular formula is C10H11Cl2NO2. The van der Waals surface area contributed by atoms with E-state index in [1.54, 1.807) is 18.2 Å². The summed E-state index contributed by atoms with van der Waals surface area (Å²) in [5.74, 6) is -1.55. The number of nitrogens with two attached hydrogens (primary N) is 1. The normalized spacial score (nSPS) is 12.5. The van der Waals surface area contributed by atoms with Gasteiger partial charge in [-0.3, -0.25) is 4.79 Å². The molecule has 0 amide bonds. The number of hydrogen-bond donors (Lipinski definition) is 2. The molecule has 1 rings (SSSR count). The van der Waals surface area contributed by atoms with Gasteiger partial charge in [0.25, 0.3) is 0 Å². The van der Waals surface area contributed by atoms with Gasteiger partial charge in [0.15, 0.2) is 0 Å². The third kappa shape index (κ3) is 3.09. The van der Waals surface area contributed by atoms with E-state index in [4.69, 9.17) is 34.0 Å². The molecule has 15 heavy (non-hydrogen) atoms. The maximum Gasteiger partial charge on any atom is 0.308 e. The van der Waals surface area contributed by atoms with Crippen molar-refractivity contribution < 1.29 is 9.90 Å². The van der Waals surface area contributed by atoms with Gasteiger partial charge in [-0.25, -0.2) is 0 Å². The summed E-state index contributed by atoms with van der Waals surface area (Å²) in [5, 5.41) is 9.67. The molecule has 1 aromatic carbocycles. The second kappa shape index (κ2) is 5.35. The van der Waals surface area contributed by atoms with E-state index in [2.05, 4.69) is 0 Å². The van der Waals surface area contributed by atoms with Gasteiger partial charge in [-0.15, -0.1) is 0 Å². The molecule has 0 aliphatic carbocycles. The monoisotopic (exact) mass is 247 g/mol. The van der Waals surface area contributed by atoms with Crippen molar-refractivity contribution in [2.45, 2.75) is 6.42 Å². The predicted molar refractivity (Wildman–Crippen MR) is 60.3 cm³/mol. The summed E-state index contributed by atoms with van der Waals surface area (Å²) < 4.78 is 0. The lowest BCUT2D eigenvalue weighted by Gasteiger charge is -2.11. The molecule has 3 N–H and O–H groups in total. The Kier molecular flexibility index (Phi) is 4.39. The molecule has 1 aromatic rings. The van der Waals surface area contributed by atoms with Gasteiger partial charge in [-0.1, -0.05) is 35.3 Å². The Balaban J connectivity index is 2.88. The van der Waals surface area contributed by atoms with E-state index in [1.165, 1.54) is 0 Å². The molecule has 0 saturated heterocycles. The van der Waals surface area contributed by atoms with E-state index in [0.29, 0.717) is 22.0 Å². The molecule has 0 aliphatic rings. The first-order valence-electron chi connectivity index (χ1n) is 4.42. The van der Waals surface area contributed by atoms with Crippen LogP contribution in [-0.2, 0) is 11.2 Å². The molecule has 0 aliphatic heterocycles. The zero-order chi connectivity index (χ0) is 11.4. The van der Waals surface area contributed by atoms with Gasteiger partial charge in [-0.2, -0.15) is 0 Å². The minimum Gasteiger partial charge on any atom is -0.481 e. The third-order valence-corrected chi connectivity index (χ3v) is 2.99. The van der Waals surface area contributed by atoms with Crippen LogP contribution in [0.15, 0.2) is 18.2 Å². The fourth-order valence-corrected chi connectivity index (χ4v) is 1.64. The van der Waals surface area contributed by atoms with Crippen LogP contribution >= 0.6 is 23.2 Å². The fourth-order valence-electron chi connectivity index (χ4n) is 1.24. The molecule has 0 aromatic heterocycles. The Morgan fingerprint density at radius 2 is 2.13 bits per heavy atom. The SMILES string of the molecule is NC[C@@H](Cc1cccc(Cl)c1Cl)C(=O)O. The molecule has 0 saturated carbocycles. The van der Waals surface area contributed by atoms with E-state index < -0.39 is 11.9 Å². The number of carbonyl (C=O) groups is 1. The molecule has 0 unspecified atom stereocenters. The highest BCUT2D eigenvalue weighted by atomic mass is 35.5.